The van der Waals surface area contributed by atoms with Crippen molar-refractivity contribution >= 4 is 0 Å². The fourth-order valence-electron chi connectivity index (χ4n) is 1.48. The lowest BCUT2D eigenvalue weighted by molar-refractivity contribution is 0.280. The van der Waals surface area contributed by atoms with E-state index in [0.717, 1.165) is 0 Å². The molecular formula is C13H11N3O3. The third-order valence-corrected chi connectivity index (χ3v) is 2.39. The van der Waals surface area contributed by atoms with Gasteiger partial charge in [-0.2, -0.15) is 5.26 Å². The molecule has 0 aliphatic heterocycles. The van der Waals surface area contributed by atoms with Crippen molar-refractivity contribution in [1.29, 1.82) is 5.26 Å². The Morgan fingerprint density at radius 3 is 2.74 bits per heavy atom. The van der Waals surface area contributed by atoms with Crippen molar-refractivity contribution in [2.45, 2.75) is 6.61 Å². The highest BCUT2D eigenvalue weighted by atomic mass is 16.5. The zero-order valence-corrected chi connectivity index (χ0v) is 10.2. The van der Waals surface area contributed by atoms with Crippen LogP contribution in [0.4, 0.5) is 0 Å². The lowest BCUT2D eigenvalue weighted by Gasteiger charge is -2.10. The van der Waals surface area contributed by atoms with Crippen LogP contribution in [0.3, 0.4) is 0 Å². The standard InChI is InChI=1S/C13H11N3O3/c1-18-12-6-9(8-17)2-3-11(12)19-13-10(7-14)15-4-5-16-13/h2-6,17H,8H2,1H3. The second-order valence-corrected chi connectivity index (χ2v) is 3.57. The van der Waals surface area contributed by atoms with Crippen LogP contribution in [-0.4, -0.2) is 22.2 Å². The van der Waals surface area contributed by atoms with Gasteiger partial charge in [0.15, 0.2) is 11.5 Å². The summed E-state index contributed by atoms with van der Waals surface area (Å²) in [7, 11) is 1.49. The molecule has 0 atom stereocenters. The minimum atomic E-state index is -0.0920. The van der Waals surface area contributed by atoms with Gasteiger partial charge in [0.2, 0.25) is 5.69 Å². The first-order valence-corrected chi connectivity index (χ1v) is 5.45. The van der Waals surface area contributed by atoms with Crippen LogP contribution in [0, 0.1) is 11.3 Å². The lowest BCUT2D eigenvalue weighted by Crippen LogP contribution is -1.97. The topological polar surface area (TPSA) is 88.3 Å². The maximum absolute atomic E-state index is 9.06. The van der Waals surface area contributed by atoms with Gasteiger partial charge in [-0.1, -0.05) is 6.07 Å². The van der Waals surface area contributed by atoms with Crippen molar-refractivity contribution in [3.8, 4) is 23.4 Å². The van der Waals surface area contributed by atoms with Crippen LogP contribution in [0.15, 0.2) is 30.6 Å². The fourth-order valence-corrected chi connectivity index (χ4v) is 1.48. The summed E-state index contributed by atoms with van der Waals surface area (Å²) in [6.07, 6.45) is 2.85. The largest absolute Gasteiger partial charge is 0.493 e. The molecule has 1 heterocycles. The molecule has 0 aliphatic rings. The first-order chi connectivity index (χ1) is 9.28. The molecule has 0 amide bonds. The minimum Gasteiger partial charge on any atom is -0.493 e. The summed E-state index contributed by atoms with van der Waals surface area (Å²) in [4.78, 5) is 7.80. The second kappa shape index (κ2) is 5.80. The Kier molecular flexibility index (Phi) is 3.90. The van der Waals surface area contributed by atoms with E-state index in [1.165, 1.54) is 19.5 Å². The van der Waals surface area contributed by atoms with Gasteiger partial charge < -0.3 is 14.6 Å². The molecule has 0 saturated carbocycles. The maximum atomic E-state index is 9.06. The fraction of sp³-hybridized carbons (Fsp3) is 0.154. The number of ether oxygens (including phenoxy) is 2. The molecule has 0 radical (unpaired) electrons. The molecule has 1 aromatic carbocycles. The molecule has 2 aromatic rings. The summed E-state index contributed by atoms with van der Waals surface area (Å²) in [6.45, 7) is -0.0920. The molecule has 0 unspecified atom stereocenters. The summed E-state index contributed by atoms with van der Waals surface area (Å²) in [5, 5.41) is 18.0. The average Bonchev–Trinajstić information content (AvgIpc) is 2.48. The van der Waals surface area contributed by atoms with E-state index < -0.39 is 0 Å². The number of nitrogens with zero attached hydrogens (tertiary/aromatic N) is 3. The lowest BCUT2D eigenvalue weighted by atomic mass is 10.2. The number of methoxy groups -OCH3 is 1. The van der Waals surface area contributed by atoms with Crippen LogP contribution in [0.25, 0.3) is 0 Å². The van der Waals surface area contributed by atoms with Crippen LogP contribution in [0.5, 0.6) is 17.4 Å². The number of aromatic nitrogens is 2. The highest BCUT2D eigenvalue weighted by Crippen LogP contribution is 2.32. The summed E-state index contributed by atoms with van der Waals surface area (Å²) in [6, 6.07) is 6.88. The Morgan fingerprint density at radius 2 is 2.05 bits per heavy atom. The Bertz CT molecular complexity index is 623. The van der Waals surface area contributed by atoms with E-state index in [4.69, 9.17) is 19.8 Å². The molecule has 0 fully saturated rings. The summed E-state index contributed by atoms with van der Waals surface area (Å²) in [5.74, 6) is 0.956. The molecule has 0 saturated heterocycles. The van der Waals surface area contributed by atoms with E-state index in [0.29, 0.717) is 17.1 Å². The zero-order valence-electron chi connectivity index (χ0n) is 10.2. The molecule has 0 spiro atoms. The van der Waals surface area contributed by atoms with E-state index in [2.05, 4.69) is 9.97 Å². The quantitative estimate of drug-likeness (QED) is 0.895. The summed E-state index contributed by atoms with van der Waals surface area (Å²) in [5.41, 5.74) is 0.791. The molecule has 1 N–H and O–H groups in total. The molecule has 6 nitrogen and oxygen atoms in total. The van der Waals surface area contributed by atoms with Crippen molar-refractivity contribution in [1.82, 2.24) is 9.97 Å². The van der Waals surface area contributed by atoms with Gasteiger partial charge >= 0.3 is 0 Å². The minimum absolute atomic E-state index is 0.0920. The van der Waals surface area contributed by atoms with Crippen molar-refractivity contribution in [2.24, 2.45) is 0 Å². The number of nitriles is 1. The number of aliphatic hydroxyl groups is 1. The van der Waals surface area contributed by atoms with Gasteiger partial charge in [-0.05, 0) is 17.7 Å². The second-order valence-electron chi connectivity index (χ2n) is 3.57. The Labute approximate surface area is 109 Å². The maximum Gasteiger partial charge on any atom is 0.256 e. The van der Waals surface area contributed by atoms with Gasteiger partial charge in [0.25, 0.3) is 5.88 Å². The SMILES string of the molecule is COc1cc(CO)ccc1Oc1nccnc1C#N. The molecular weight excluding hydrogens is 246 g/mol. The van der Waals surface area contributed by atoms with Crippen molar-refractivity contribution in [3.63, 3.8) is 0 Å². The molecule has 19 heavy (non-hydrogen) atoms. The normalized spacial score (nSPS) is 9.74. The van der Waals surface area contributed by atoms with Crippen LogP contribution < -0.4 is 9.47 Å². The van der Waals surface area contributed by atoms with E-state index in [-0.39, 0.29) is 18.2 Å². The van der Waals surface area contributed by atoms with Crippen LogP contribution >= 0.6 is 0 Å². The predicted molar refractivity (Wildman–Crippen MR) is 65.7 cm³/mol. The van der Waals surface area contributed by atoms with Crippen molar-refractivity contribution in [2.75, 3.05) is 7.11 Å². The first kappa shape index (κ1) is 12.8. The number of aliphatic hydroxyl groups excluding tert-OH is 1. The highest BCUT2D eigenvalue weighted by Gasteiger charge is 2.11. The average molecular weight is 257 g/mol. The summed E-state index contributed by atoms with van der Waals surface area (Å²) < 4.78 is 10.7. The van der Waals surface area contributed by atoms with E-state index >= 15 is 0 Å². The van der Waals surface area contributed by atoms with Gasteiger partial charge in [-0.15, -0.1) is 0 Å². The van der Waals surface area contributed by atoms with Gasteiger partial charge in [-0.3, -0.25) is 0 Å². The smallest absolute Gasteiger partial charge is 0.256 e. The molecule has 0 bridgehead atoms. The Hall–Kier alpha value is -2.65. The molecule has 96 valence electrons. The number of hydrogen-bond donors (Lipinski definition) is 1. The third-order valence-electron chi connectivity index (χ3n) is 2.39. The van der Waals surface area contributed by atoms with Crippen molar-refractivity contribution in [3.05, 3.63) is 41.9 Å². The molecule has 6 heteroatoms. The van der Waals surface area contributed by atoms with E-state index in [1.807, 2.05) is 6.07 Å². The van der Waals surface area contributed by atoms with Gasteiger partial charge in [0.1, 0.15) is 6.07 Å². The first-order valence-electron chi connectivity index (χ1n) is 5.45. The van der Waals surface area contributed by atoms with Gasteiger partial charge in [0.05, 0.1) is 13.7 Å². The Balaban J connectivity index is 2.36. The number of rotatable bonds is 4. The molecule has 1 aromatic heterocycles. The van der Waals surface area contributed by atoms with Crippen molar-refractivity contribution < 1.29 is 14.6 Å². The summed E-state index contributed by atoms with van der Waals surface area (Å²) >= 11 is 0. The van der Waals surface area contributed by atoms with Gasteiger partial charge in [0, 0.05) is 12.4 Å². The van der Waals surface area contributed by atoms with Crippen LogP contribution in [0.1, 0.15) is 11.3 Å². The third kappa shape index (κ3) is 2.78. The van der Waals surface area contributed by atoms with E-state index in [1.54, 1.807) is 18.2 Å². The monoisotopic (exact) mass is 257 g/mol. The Morgan fingerprint density at radius 1 is 1.26 bits per heavy atom. The predicted octanol–water partition coefficient (Wildman–Crippen LogP) is 1.64. The molecule has 2 rings (SSSR count). The molecule has 0 aliphatic carbocycles. The number of hydrogen-bond acceptors (Lipinski definition) is 6. The number of benzene rings is 1. The van der Waals surface area contributed by atoms with E-state index in [9.17, 15) is 0 Å². The highest BCUT2D eigenvalue weighted by molar-refractivity contribution is 5.45. The van der Waals surface area contributed by atoms with Crippen LogP contribution in [0.2, 0.25) is 0 Å². The zero-order chi connectivity index (χ0) is 13.7. The van der Waals surface area contributed by atoms with Crippen LogP contribution in [-0.2, 0) is 6.61 Å². The van der Waals surface area contributed by atoms with Gasteiger partial charge in [-0.25, -0.2) is 9.97 Å².